The van der Waals surface area contributed by atoms with Gasteiger partial charge in [-0.3, -0.25) is 5.10 Å². The molecule has 0 aliphatic rings. The fourth-order valence-electron chi connectivity index (χ4n) is 1.71. The number of hydrogen-bond donors (Lipinski definition) is 2. The molecule has 3 N–H and O–H groups in total. The highest BCUT2D eigenvalue weighted by atomic mass is 16.5. The van der Waals surface area contributed by atoms with Gasteiger partial charge in [0.05, 0.1) is 12.8 Å². The summed E-state index contributed by atoms with van der Waals surface area (Å²) in [6.07, 6.45) is 0. The fourth-order valence-corrected chi connectivity index (χ4v) is 1.71. The maximum atomic E-state index is 5.61. The van der Waals surface area contributed by atoms with Crippen molar-refractivity contribution in [1.29, 1.82) is 0 Å². The van der Waals surface area contributed by atoms with Gasteiger partial charge < -0.3 is 10.5 Å². The molecule has 0 unspecified atom stereocenters. The van der Waals surface area contributed by atoms with Crippen molar-refractivity contribution in [3.63, 3.8) is 0 Å². The first kappa shape index (κ1) is 11.5. The van der Waals surface area contributed by atoms with Crippen LogP contribution in [0, 0.1) is 0 Å². The van der Waals surface area contributed by atoms with E-state index in [0.717, 1.165) is 17.0 Å². The Morgan fingerprint density at radius 3 is 2.53 bits per heavy atom. The van der Waals surface area contributed by atoms with E-state index >= 15 is 0 Å². The summed E-state index contributed by atoms with van der Waals surface area (Å²) in [4.78, 5) is 0. The molecule has 90 valence electrons. The number of nitrogens with one attached hydrogen (secondary N) is 1. The van der Waals surface area contributed by atoms with Gasteiger partial charge in [0, 0.05) is 11.6 Å². The molecule has 0 radical (unpaired) electrons. The summed E-state index contributed by atoms with van der Waals surface area (Å²) in [6, 6.07) is 7.96. The second-order valence-electron chi connectivity index (χ2n) is 4.36. The van der Waals surface area contributed by atoms with E-state index in [1.54, 1.807) is 7.11 Å². The van der Waals surface area contributed by atoms with Crippen molar-refractivity contribution in [1.82, 2.24) is 10.2 Å². The highest BCUT2D eigenvalue weighted by Gasteiger charge is 2.08. The summed E-state index contributed by atoms with van der Waals surface area (Å²) in [5.41, 5.74) is 8.78. The van der Waals surface area contributed by atoms with Gasteiger partial charge in [-0.15, -0.1) is 0 Å². The average molecular weight is 231 g/mol. The van der Waals surface area contributed by atoms with E-state index in [2.05, 4.69) is 30.1 Å². The van der Waals surface area contributed by atoms with Gasteiger partial charge in [-0.2, -0.15) is 5.10 Å². The Morgan fingerprint density at radius 2 is 2.00 bits per heavy atom. The SMILES string of the molecule is COc1cc(-c2cc(N)n[nH]2)cc(C(C)C)c1. The van der Waals surface area contributed by atoms with Crippen LogP contribution in [0.2, 0.25) is 0 Å². The van der Waals surface area contributed by atoms with Crippen molar-refractivity contribution in [3.05, 3.63) is 29.8 Å². The topological polar surface area (TPSA) is 63.9 Å². The number of aromatic amines is 1. The molecule has 0 aliphatic carbocycles. The lowest BCUT2D eigenvalue weighted by Crippen LogP contribution is -1.92. The molecule has 0 saturated carbocycles. The maximum Gasteiger partial charge on any atom is 0.145 e. The van der Waals surface area contributed by atoms with Crippen molar-refractivity contribution in [2.75, 3.05) is 12.8 Å². The van der Waals surface area contributed by atoms with E-state index < -0.39 is 0 Å². The molecular weight excluding hydrogens is 214 g/mol. The van der Waals surface area contributed by atoms with Gasteiger partial charge in [0.25, 0.3) is 0 Å². The third-order valence-electron chi connectivity index (χ3n) is 2.74. The number of rotatable bonds is 3. The zero-order valence-corrected chi connectivity index (χ0v) is 10.3. The normalized spacial score (nSPS) is 10.8. The molecule has 0 aliphatic heterocycles. The second kappa shape index (κ2) is 4.49. The third kappa shape index (κ3) is 2.41. The first-order valence-corrected chi connectivity index (χ1v) is 5.60. The Morgan fingerprint density at radius 1 is 1.24 bits per heavy atom. The zero-order chi connectivity index (χ0) is 12.4. The van der Waals surface area contributed by atoms with Crippen molar-refractivity contribution in [2.45, 2.75) is 19.8 Å². The molecule has 2 aromatic rings. The molecule has 1 aromatic carbocycles. The maximum absolute atomic E-state index is 5.61. The van der Waals surface area contributed by atoms with Gasteiger partial charge in [0.2, 0.25) is 0 Å². The van der Waals surface area contributed by atoms with Crippen LogP contribution in [0.3, 0.4) is 0 Å². The quantitative estimate of drug-likeness (QED) is 0.853. The molecule has 0 saturated heterocycles. The summed E-state index contributed by atoms with van der Waals surface area (Å²) >= 11 is 0. The first-order chi connectivity index (χ1) is 8.10. The predicted octanol–water partition coefficient (Wildman–Crippen LogP) is 2.79. The molecule has 0 amide bonds. The van der Waals surface area contributed by atoms with Crippen molar-refractivity contribution in [3.8, 4) is 17.0 Å². The first-order valence-electron chi connectivity index (χ1n) is 5.60. The number of anilines is 1. The highest BCUT2D eigenvalue weighted by molar-refractivity contribution is 5.65. The van der Waals surface area contributed by atoms with Crippen LogP contribution in [-0.4, -0.2) is 17.3 Å². The number of methoxy groups -OCH3 is 1. The summed E-state index contributed by atoms with van der Waals surface area (Å²) < 4.78 is 5.31. The highest BCUT2D eigenvalue weighted by Crippen LogP contribution is 2.28. The van der Waals surface area contributed by atoms with E-state index in [1.165, 1.54) is 5.56 Å². The number of nitrogens with zero attached hydrogens (tertiary/aromatic N) is 1. The molecule has 0 spiro atoms. The van der Waals surface area contributed by atoms with Crippen molar-refractivity contribution >= 4 is 5.82 Å². The number of ether oxygens (including phenoxy) is 1. The monoisotopic (exact) mass is 231 g/mol. The minimum absolute atomic E-state index is 0.448. The van der Waals surface area contributed by atoms with Crippen LogP contribution >= 0.6 is 0 Å². The Hall–Kier alpha value is -1.97. The summed E-state index contributed by atoms with van der Waals surface area (Å²) in [7, 11) is 1.67. The van der Waals surface area contributed by atoms with Gasteiger partial charge in [0.15, 0.2) is 0 Å². The van der Waals surface area contributed by atoms with Crippen LogP contribution in [0.5, 0.6) is 5.75 Å². The largest absolute Gasteiger partial charge is 0.497 e. The minimum atomic E-state index is 0.448. The Kier molecular flexibility index (Phi) is 3.04. The molecule has 17 heavy (non-hydrogen) atoms. The van der Waals surface area contributed by atoms with Crippen molar-refractivity contribution in [2.24, 2.45) is 0 Å². The zero-order valence-electron chi connectivity index (χ0n) is 10.3. The predicted molar refractivity (Wildman–Crippen MR) is 69.1 cm³/mol. The summed E-state index contributed by atoms with van der Waals surface area (Å²) in [5, 5.41) is 6.84. The molecule has 1 heterocycles. The van der Waals surface area contributed by atoms with E-state index in [9.17, 15) is 0 Å². The van der Waals surface area contributed by atoms with Crippen molar-refractivity contribution < 1.29 is 4.74 Å². The van der Waals surface area contributed by atoms with Gasteiger partial charge in [-0.05, 0) is 29.7 Å². The molecular formula is C13H17N3O. The Labute approximate surface area is 101 Å². The van der Waals surface area contributed by atoms with Gasteiger partial charge >= 0.3 is 0 Å². The molecule has 4 nitrogen and oxygen atoms in total. The van der Waals surface area contributed by atoms with Crippen LogP contribution in [0.1, 0.15) is 25.3 Å². The number of nitrogens with two attached hydrogens (primary N) is 1. The molecule has 1 aromatic heterocycles. The fraction of sp³-hybridized carbons (Fsp3) is 0.308. The van der Waals surface area contributed by atoms with Gasteiger partial charge in [0.1, 0.15) is 11.6 Å². The number of nitrogen functional groups attached to an aromatic ring is 1. The molecule has 0 atom stereocenters. The standard InChI is InChI=1S/C13H17N3O/c1-8(2)9-4-10(6-11(5-9)17-3)12-7-13(14)16-15-12/h4-8H,1-3H3,(H3,14,15,16). The lowest BCUT2D eigenvalue weighted by molar-refractivity contribution is 0.414. The minimum Gasteiger partial charge on any atom is -0.497 e. The molecule has 2 rings (SSSR count). The summed E-state index contributed by atoms with van der Waals surface area (Å²) in [6.45, 7) is 4.31. The van der Waals surface area contributed by atoms with Crippen LogP contribution < -0.4 is 10.5 Å². The van der Waals surface area contributed by atoms with E-state index in [4.69, 9.17) is 10.5 Å². The summed E-state index contributed by atoms with van der Waals surface area (Å²) in [5.74, 6) is 1.79. The van der Waals surface area contributed by atoms with Crippen LogP contribution in [-0.2, 0) is 0 Å². The van der Waals surface area contributed by atoms with E-state index in [-0.39, 0.29) is 0 Å². The Bertz CT molecular complexity index is 517. The number of H-pyrrole nitrogens is 1. The molecule has 4 heteroatoms. The van der Waals surface area contributed by atoms with Gasteiger partial charge in [-0.25, -0.2) is 0 Å². The number of aromatic nitrogens is 2. The average Bonchev–Trinajstić information content (AvgIpc) is 2.75. The number of benzene rings is 1. The van der Waals surface area contributed by atoms with E-state index in [1.807, 2.05) is 18.2 Å². The molecule has 0 fully saturated rings. The van der Waals surface area contributed by atoms with E-state index in [0.29, 0.717) is 11.7 Å². The smallest absolute Gasteiger partial charge is 0.145 e. The second-order valence-corrected chi connectivity index (χ2v) is 4.36. The lowest BCUT2D eigenvalue weighted by Gasteiger charge is -2.10. The van der Waals surface area contributed by atoms with Crippen LogP contribution in [0.25, 0.3) is 11.3 Å². The molecule has 0 bridgehead atoms. The number of hydrogen-bond acceptors (Lipinski definition) is 3. The lowest BCUT2D eigenvalue weighted by atomic mass is 9.99. The van der Waals surface area contributed by atoms with Crippen LogP contribution in [0.15, 0.2) is 24.3 Å². The van der Waals surface area contributed by atoms with Gasteiger partial charge in [-0.1, -0.05) is 13.8 Å². The Balaban J connectivity index is 2.49. The van der Waals surface area contributed by atoms with Crippen LogP contribution in [0.4, 0.5) is 5.82 Å². The third-order valence-corrected chi connectivity index (χ3v) is 2.74.